The Morgan fingerprint density at radius 2 is 0.821 bits per heavy atom. The van der Waals surface area contributed by atoms with Crippen molar-refractivity contribution in [2.24, 2.45) is 17.8 Å². The van der Waals surface area contributed by atoms with Crippen LogP contribution < -0.4 is 25.8 Å². The molecule has 0 heterocycles. The fourth-order valence-corrected chi connectivity index (χ4v) is 2.49. The molecule has 0 aliphatic carbocycles. The summed E-state index contributed by atoms with van der Waals surface area (Å²) >= 11 is 0. The van der Waals surface area contributed by atoms with Crippen molar-refractivity contribution in [3.8, 4) is 0 Å². The van der Waals surface area contributed by atoms with Crippen molar-refractivity contribution >= 4 is 17.9 Å². The minimum Gasteiger partial charge on any atom is -0.723 e. The number of hydrogen-bond donors (Lipinski definition) is 0. The average Bonchev–Trinajstić information content (AvgIpc) is 3.16. The van der Waals surface area contributed by atoms with Gasteiger partial charge in [0.25, 0.3) is 0 Å². The molecule has 0 bridgehead atoms. The standard InChI is InChI=1S/C9H20O5.C8H16O4.C8H16O3.C6H12O3.2C5H12/c1-3-8(2)12-5-4-9(6-13-10)7-14-11;1-3-7(2)12-5-4-11-6-8(9)10;1-3-7(2)11-6-4-5-8(9)10;1-3-5(2)9-4-6(7)8;2*1-4-5(2)3/h8-11H,3-7H2,1-2H3;7H,3-6H2,1-2H3,(H,9,10);7H,3-6H2,1-2H3,(H,9,10);5H,3-4H2,1-2H3,(H,7,8);2*5H,4H2,1-3H3/p-5. The molecular weight excluding hydrogens is 732 g/mol. The van der Waals surface area contributed by atoms with E-state index >= 15 is 0 Å². The van der Waals surface area contributed by atoms with Crippen LogP contribution in [0.25, 0.3) is 0 Å². The van der Waals surface area contributed by atoms with Gasteiger partial charge in [0.05, 0.1) is 62.8 Å². The van der Waals surface area contributed by atoms with Crippen LogP contribution in [0.15, 0.2) is 0 Å². The van der Waals surface area contributed by atoms with Gasteiger partial charge in [0.1, 0.15) is 0 Å². The first-order valence-corrected chi connectivity index (χ1v) is 20.4. The van der Waals surface area contributed by atoms with Gasteiger partial charge in [-0.05, 0) is 84.5 Å². The highest BCUT2D eigenvalue weighted by molar-refractivity contribution is 5.65. The Bertz CT molecular complexity index is 770. The fourth-order valence-electron chi connectivity index (χ4n) is 2.49. The zero-order valence-electron chi connectivity index (χ0n) is 37.7. The molecule has 56 heavy (non-hydrogen) atoms. The Morgan fingerprint density at radius 3 is 1.14 bits per heavy atom. The lowest BCUT2D eigenvalue weighted by molar-refractivity contribution is -0.702. The minimum atomic E-state index is -1.20. The third-order valence-electron chi connectivity index (χ3n) is 7.73. The summed E-state index contributed by atoms with van der Waals surface area (Å²) in [5, 5.41) is 49.3. The summed E-state index contributed by atoms with van der Waals surface area (Å²) in [5.74, 6) is -1.76. The lowest BCUT2D eigenvalue weighted by Crippen LogP contribution is -2.29. The second kappa shape index (κ2) is 53.0. The van der Waals surface area contributed by atoms with Crippen molar-refractivity contribution in [3.63, 3.8) is 0 Å². The second-order valence-corrected chi connectivity index (χ2v) is 13.9. The van der Waals surface area contributed by atoms with Gasteiger partial charge >= 0.3 is 0 Å². The summed E-state index contributed by atoms with van der Waals surface area (Å²) < 4.78 is 25.4. The normalized spacial score (nSPS) is 12.5. The fraction of sp³-hybridized carbons (Fsp3) is 0.927. The highest BCUT2D eigenvalue weighted by Crippen LogP contribution is 2.06. The molecule has 15 nitrogen and oxygen atoms in total. The monoisotopic (exact) mass is 816 g/mol. The molecule has 0 amide bonds. The number of carboxylic acid groups (broad SMARTS) is 3. The predicted octanol–water partition coefficient (Wildman–Crippen LogP) is 2.95. The molecule has 0 N–H and O–H groups in total. The molecule has 0 aliphatic heterocycles. The smallest absolute Gasteiger partial charge is 0.0864 e. The molecule has 4 atom stereocenters. The summed E-state index contributed by atoms with van der Waals surface area (Å²) in [4.78, 5) is 37.0. The van der Waals surface area contributed by atoms with Gasteiger partial charge in [-0.3, -0.25) is 0 Å². The number of rotatable bonds is 28. The van der Waals surface area contributed by atoms with E-state index in [0.29, 0.717) is 39.3 Å². The van der Waals surface area contributed by atoms with Gasteiger partial charge in [0.2, 0.25) is 0 Å². The lowest BCUT2D eigenvalue weighted by Gasteiger charge is -2.21. The largest absolute Gasteiger partial charge is 0.723 e. The number of carbonyl (C=O) groups is 3. The number of aliphatic carboxylic acids is 3. The highest BCUT2D eigenvalue weighted by atomic mass is 17.1. The van der Waals surface area contributed by atoms with Crippen LogP contribution in [0.1, 0.15) is 155 Å². The third-order valence-corrected chi connectivity index (χ3v) is 7.73. The summed E-state index contributed by atoms with van der Waals surface area (Å²) in [7, 11) is 0. The van der Waals surface area contributed by atoms with Crippen LogP contribution >= 0.6 is 0 Å². The SMILES string of the molecule is CCC(C)C.CCC(C)C.CCC(C)OCC(=O)[O-].CCC(C)OCCC(CO[O-])CO[O-].CCC(C)OCCCC(=O)[O-].CCC(C)OCCOCC(=O)[O-]. The van der Waals surface area contributed by atoms with E-state index in [2.05, 4.69) is 51.3 Å². The van der Waals surface area contributed by atoms with E-state index in [1.54, 1.807) is 0 Å². The maximum Gasteiger partial charge on any atom is 0.0864 e. The quantitative estimate of drug-likeness (QED) is 0.0628. The molecule has 342 valence electrons. The number of hydrogen-bond acceptors (Lipinski definition) is 15. The van der Waals surface area contributed by atoms with E-state index in [0.717, 1.165) is 37.5 Å². The summed E-state index contributed by atoms with van der Waals surface area (Å²) in [6.07, 6.45) is 8.20. The van der Waals surface area contributed by atoms with Crippen LogP contribution in [0.5, 0.6) is 0 Å². The predicted molar refractivity (Wildman–Crippen MR) is 208 cm³/mol. The zero-order valence-corrected chi connectivity index (χ0v) is 37.7. The van der Waals surface area contributed by atoms with Gasteiger partial charge < -0.3 is 73.7 Å². The Balaban J connectivity index is -0.000000139. The van der Waals surface area contributed by atoms with Gasteiger partial charge in [0, 0.05) is 38.3 Å². The molecular formula is C41H83O15-5. The molecule has 15 heteroatoms. The second-order valence-electron chi connectivity index (χ2n) is 13.9. The summed E-state index contributed by atoms with van der Waals surface area (Å²) in [6, 6.07) is 0. The van der Waals surface area contributed by atoms with Crippen LogP contribution in [0.2, 0.25) is 0 Å². The van der Waals surface area contributed by atoms with Crippen molar-refractivity contribution < 1.29 is 73.7 Å². The van der Waals surface area contributed by atoms with Crippen molar-refractivity contribution in [1.29, 1.82) is 0 Å². The van der Waals surface area contributed by atoms with Crippen LogP contribution in [0, 0.1) is 17.8 Å². The minimum absolute atomic E-state index is 0.00783. The zero-order chi connectivity index (χ0) is 44.7. The van der Waals surface area contributed by atoms with E-state index in [1.807, 2.05) is 55.4 Å². The molecule has 0 saturated heterocycles. The molecule has 0 aromatic heterocycles. The highest BCUT2D eigenvalue weighted by Gasteiger charge is 2.07. The molecule has 4 unspecified atom stereocenters. The molecule has 0 saturated carbocycles. The van der Waals surface area contributed by atoms with Crippen molar-refractivity contribution in [2.75, 3.05) is 52.9 Å². The molecule has 0 aromatic carbocycles. The van der Waals surface area contributed by atoms with E-state index < -0.39 is 17.9 Å². The van der Waals surface area contributed by atoms with E-state index in [4.69, 9.17) is 23.7 Å². The summed E-state index contributed by atoms with van der Waals surface area (Å²) in [6.45, 7) is 30.1. The molecule has 0 spiro atoms. The molecule has 0 aromatic rings. The van der Waals surface area contributed by atoms with Gasteiger partial charge in [0.15, 0.2) is 0 Å². The van der Waals surface area contributed by atoms with E-state index in [9.17, 15) is 40.2 Å². The van der Waals surface area contributed by atoms with Crippen molar-refractivity contribution in [2.45, 2.75) is 179 Å². The van der Waals surface area contributed by atoms with Crippen LogP contribution in [0.4, 0.5) is 0 Å². The van der Waals surface area contributed by atoms with E-state index in [-0.39, 0.29) is 63.2 Å². The maximum atomic E-state index is 9.95. The van der Waals surface area contributed by atoms with Crippen LogP contribution in [-0.2, 0) is 47.8 Å². The Hall–Kier alpha value is -1.95. The van der Waals surface area contributed by atoms with E-state index in [1.165, 1.54) is 12.8 Å². The Labute approximate surface area is 340 Å². The lowest BCUT2D eigenvalue weighted by atomic mass is 10.1. The Kier molecular flexibility index (Phi) is 62.4. The molecule has 0 rings (SSSR count). The first-order valence-electron chi connectivity index (χ1n) is 20.4. The van der Waals surface area contributed by atoms with Crippen molar-refractivity contribution in [1.82, 2.24) is 0 Å². The molecule has 0 radical (unpaired) electrons. The van der Waals surface area contributed by atoms with Crippen LogP contribution in [0.3, 0.4) is 0 Å². The first kappa shape index (κ1) is 65.9. The molecule has 0 fully saturated rings. The van der Waals surface area contributed by atoms with Crippen LogP contribution in [-0.4, -0.2) is 95.2 Å². The van der Waals surface area contributed by atoms with Gasteiger partial charge in [-0.1, -0.05) is 82.1 Å². The molecule has 0 aliphatic rings. The van der Waals surface area contributed by atoms with Gasteiger partial charge in [-0.15, -0.1) is 0 Å². The average molecular weight is 816 g/mol. The summed E-state index contributed by atoms with van der Waals surface area (Å²) in [5.41, 5.74) is 0. The topological polar surface area (TPSA) is 231 Å². The first-order chi connectivity index (χ1) is 26.3. The van der Waals surface area contributed by atoms with Gasteiger partial charge in [-0.25, -0.2) is 0 Å². The van der Waals surface area contributed by atoms with Crippen molar-refractivity contribution in [3.05, 3.63) is 0 Å². The van der Waals surface area contributed by atoms with Gasteiger partial charge in [-0.2, -0.15) is 0 Å². The number of ether oxygens (including phenoxy) is 5. The number of carbonyl (C=O) groups excluding carboxylic acids is 3. The number of carboxylic acids is 3. The third kappa shape index (κ3) is 76.7. The Morgan fingerprint density at radius 1 is 0.464 bits per heavy atom. The maximum absolute atomic E-state index is 9.95.